The lowest BCUT2D eigenvalue weighted by Crippen LogP contribution is -2.59. The summed E-state index contributed by atoms with van der Waals surface area (Å²) in [4.78, 5) is 41.5. The van der Waals surface area contributed by atoms with Crippen LogP contribution in [0.1, 0.15) is 40.2 Å². The van der Waals surface area contributed by atoms with Gasteiger partial charge in [0.1, 0.15) is 17.3 Å². The summed E-state index contributed by atoms with van der Waals surface area (Å²) in [5.74, 6) is -1.48. The van der Waals surface area contributed by atoms with Crippen molar-refractivity contribution in [2.24, 2.45) is 18.4 Å². The number of hydrogen-bond donors (Lipinski definition) is 1. The first-order chi connectivity index (χ1) is 21.0. The molecule has 0 saturated heterocycles. The molecule has 2 unspecified atom stereocenters. The Morgan fingerprint density at radius 1 is 1.04 bits per heavy atom. The highest BCUT2D eigenvalue weighted by molar-refractivity contribution is 7.90. The van der Waals surface area contributed by atoms with E-state index in [0.29, 0.717) is 22.3 Å². The van der Waals surface area contributed by atoms with Crippen molar-refractivity contribution in [3.05, 3.63) is 70.8 Å². The third-order valence-corrected chi connectivity index (χ3v) is 9.73. The van der Waals surface area contributed by atoms with Crippen molar-refractivity contribution >= 4 is 38.5 Å². The average molecular weight is 636 g/mol. The third-order valence-electron chi connectivity index (χ3n) is 8.04. The SMILES string of the molecule is COc1cc(-c2cn(C)c(=O)c3c2ccn3S(=O)(=O)c2ccc(C)cc2)c2c(c1)N(C(C(=O)O)C(C)(C)C)C(=O)C(C(C)C)O2. The number of ether oxygens (including phenoxy) is 2. The zero-order valence-electron chi connectivity index (χ0n) is 26.5. The number of carbonyl (C=O) groups is 2. The Labute approximate surface area is 261 Å². The van der Waals surface area contributed by atoms with Gasteiger partial charge in [0, 0.05) is 42.0 Å². The van der Waals surface area contributed by atoms with Gasteiger partial charge in [-0.3, -0.25) is 14.5 Å². The molecule has 0 saturated carbocycles. The van der Waals surface area contributed by atoms with Gasteiger partial charge in [0.05, 0.1) is 17.7 Å². The highest BCUT2D eigenvalue weighted by atomic mass is 32.2. The second-order valence-corrected chi connectivity index (χ2v) is 14.6. The number of aryl methyl sites for hydroxylation is 2. The molecule has 1 N–H and O–H groups in total. The predicted octanol–water partition coefficient (Wildman–Crippen LogP) is 4.81. The molecule has 238 valence electrons. The fraction of sp³-hybridized carbons (Fsp3) is 0.364. The summed E-state index contributed by atoms with van der Waals surface area (Å²) in [7, 11) is -1.19. The van der Waals surface area contributed by atoms with Crippen LogP contribution >= 0.6 is 0 Å². The number of rotatable bonds is 7. The number of fused-ring (bicyclic) bond motifs is 2. The van der Waals surface area contributed by atoms with E-state index in [1.54, 1.807) is 57.3 Å². The number of aliphatic carboxylic acids is 1. The second-order valence-electron chi connectivity index (χ2n) is 12.8. The maximum atomic E-state index is 13.9. The minimum atomic E-state index is -4.15. The molecule has 1 amide bonds. The number of anilines is 1. The second kappa shape index (κ2) is 11.1. The van der Waals surface area contributed by atoms with Gasteiger partial charge < -0.3 is 19.1 Å². The summed E-state index contributed by atoms with van der Waals surface area (Å²) < 4.78 is 41.8. The Balaban J connectivity index is 1.85. The molecule has 4 aromatic rings. The van der Waals surface area contributed by atoms with Crippen LogP contribution in [0.2, 0.25) is 0 Å². The lowest BCUT2D eigenvalue weighted by molar-refractivity contribution is -0.144. The molecule has 0 bridgehead atoms. The van der Waals surface area contributed by atoms with Crippen molar-refractivity contribution in [1.29, 1.82) is 0 Å². The van der Waals surface area contributed by atoms with Gasteiger partial charge in [0.25, 0.3) is 21.5 Å². The molecule has 11 nitrogen and oxygen atoms in total. The number of nitrogens with zero attached hydrogens (tertiary/aromatic N) is 3. The molecule has 0 aliphatic carbocycles. The number of amides is 1. The molecule has 3 heterocycles. The van der Waals surface area contributed by atoms with Crippen molar-refractivity contribution < 1.29 is 32.6 Å². The predicted molar refractivity (Wildman–Crippen MR) is 171 cm³/mol. The highest BCUT2D eigenvalue weighted by Gasteiger charge is 2.48. The van der Waals surface area contributed by atoms with Crippen molar-refractivity contribution in [1.82, 2.24) is 8.54 Å². The number of pyridine rings is 1. The summed E-state index contributed by atoms with van der Waals surface area (Å²) in [5, 5.41) is 10.7. The maximum absolute atomic E-state index is 13.9. The van der Waals surface area contributed by atoms with Crippen LogP contribution in [0.15, 0.2) is 64.5 Å². The van der Waals surface area contributed by atoms with Gasteiger partial charge in [-0.15, -0.1) is 0 Å². The van der Waals surface area contributed by atoms with Crippen molar-refractivity contribution in [3.63, 3.8) is 0 Å². The third kappa shape index (κ3) is 5.26. The summed E-state index contributed by atoms with van der Waals surface area (Å²) in [6, 6.07) is 9.86. The van der Waals surface area contributed by atoms with Crippen LogP contribution < -0.4 is 19.9 Å². The van der Waals surface area contributed by atoms with E-state index in [1.165, 1.54) is 42.0 Å². The molecule has 45 heavy (non-hydrogen) atoms. The molecule has 12 heteroatoms. The van der Waals surface area contributed by atoms with Gasteiger partial charge in [-0.1, -0.05) is 52.3 Å². The lowest BCUT2D eigenvalue weighted by Gasteiger charge is -2.43. The number of methoxy groups -OCH3 is 1. The molecule has 0 radical (unpaired) electrons. The minimum absolute atomic E-state index is 0.0240. The van der Waals surface area contributed by atoms with Gasteiger partial charge >= 0.3 is 5.97 Å². The van der Waals surface area contributed by atoms with Gasteiger partial charge in [-0.2, -0.15) is 0 Å². The molecular weight excluding hydrogens is 598 g/mol. The monoisotopic (exact) mass is 635 g/mol. The quantitative estimate of drug-likeness (QED) is 0.306. The lowest BCUT2D eigenvalue weighted by atomic mass is 9.84. The van der Waals surface area contributed by atoms with Gasteiger partial charge in [-0.05, 0) is 42.5 Å². The van der Waals surface area contributed by atoms with Crippen LogP contribution in [-0.2, 0) is 26.7 Å². The minimum Gasteiger partial charge on any atom is -0.497 e. The van der Waals surface area contributed by atoms with Crippen LogP contribution in [0, 0.1) is 18.3 Å². The van der Waals surface area contributed by atoms with Crippen molar-refractivity contribution in [3.8, 4) is 22.6 Å². The van der Waals surface area contributed by atoms with Crippen LogP contribution in [0.5, 0.6) is 11.5 Å². The largest absolute Gasteiger partial charge is 0.497 e. The fourth-order valence-corrected chi connectivity index (χ4v) is 7.11. The van der Waals surface area contributed by atoms with Crippen molar-refractivity contribution in [2.75, 3.05) is 12.0 Å². The first-order valence-electron chi connectivity index (χ1n) is 14.5. The normalized spacial score (nSPS) is 16.1. The standard InChI is InChI=1S/C33H37N3O8S/c1-18(2)27-31(38)36(29(32(39)40)33(4,5)6)25-16-20(43-8)15-23(28(25)44-27)24-17-34(7)30(37)26-22(24)13-14-35(26)45(41,42)21-11-9-19(3)10-12-21/h9-18,27,29H,1-8H3,(H,39,40). The van der Waals surface area contributed by atoms with Gasteiger partial charge in [-0.25, -0.2) is 17.2 Å². The van der Waals surface area contributed by atoms with Crippen LogP contribution in [0.25, 0.3) is 22.0 Å². The van der Waals surface area contributed by atoms with Crippen LogP contribution in [0.3, 0.4) is 0 Å². The van der Waals surface area contributed by atoms with E-state index < -0.39 is 45.0 Å². The molecule has 2 aromatic heterocycles. The Hall–Kier alpha value is -4.58. The summed E-state index contributed by atoms with van der Waals surface area (Å²) in [5.41, 5.74) is 0.429. The van der Waals surface area contributed by atoms with Crippen LogP contribution in [0.4, 0.5) is 5.69 Å². The first kappa shape index (κ1) is 31.8. The Bertz CT molecular complexity index is 2000. The molecular formula is C33H37N3O8S. The van der Waals surface area contributed by atoms with E-state index in [1.807, 2.05) is 20.8 Å². The molecule has 5 rings (SSSR count). The molecule has 0 spiro atoms. The number of carboxylic acids is 1. The number of aromatic nitrogens is 2. The Kier molecular flexibility index (Phi) is 7.85. The summed E-state index contributed by atoms with van der Waals surface area (Å²) in [6.07, 6.45) is 1.89. The van der Waals surface area contributed by atoms with E-state index >= 15 is 0 Å². The highest BCUT2D eigenvalue weighted by Crippen LogP contribution is 2.49. The molecule has 2 aromatic carbocycles. The average Bonchev–Trinajstić information content (AvgIpc) is 3.41. The van der Waals surface area contributed by atoms with E-state index in [4.69, 9.17) is 9.47 Å². The smallest absolute Gasteiger partial charge is 0.327 e. The summed E-state index contributed by atoms with van der Waals surface area (Å²) >= 11 is 0. The number of benzene rings is 2. The Morgan fingerprint density at radius 3 is 2.24 bits per heavy atom. The zero-order chi connectivity index (χ0) is 33.2. The zero-order valence-corrected chi connectivity index (χ0v) is 27.3. The maximum Gasteiger partial charge on any atom is 0.327 e. The molecule has 2 atom stereocenters. The summed E-state index contributed by atoms with van der Waals surface area (Å²) in [6.45, 7) is 10.7. The van der Waals surface area contributed by atoms with E-state index in [0.717, 1.165) is 9.54 Å². The molecule has 0 fully saturated rings. The number of hydrogen-bond acceptors (Lipinski definition) is 7. The van der Waals surface area contributed by atoms with Crippen molar-refractivity contribution in [2.45, 2.75) is 58.6 Å². The van der Waals surface area contributed by atoms with Crippen LogP contribution in [-0.4, -0.2) is 53.2 Å². The number of carbonyl (C=O) groups excluding carboxylic acids is 1. The Morgan fingerprint density at radius 2 is 1.69 bits per heavy atom. The van der Waals surface area contributed by atoms with E-state index in [9.17, 15) is 27.9 Å². The fourth-order valence-electron chi connectivity index (χ4n) is 5.77. The van der Waals surface area contributed by atoms with E-state index in [-0.39, 0.29) is 27.8 Å². The van der Waals surface area contributed by atoms with Gasteiger partial charge in [0.2, 0.25) is 0 Å². The van der Waals surface area contributed by atoms with E-state index in [2.05, 4.69) is 0 Å². The molecule has 1 aliphatic rings. The topological polar surface area (TPSA) is 137 Å². The number of carboxylic acid groups (broad SMARTS) is 1. The first-order valence-corrected chi connectivity index (χ1v) is 15.9. The van der Waals surface area contributed by atoms with Gasteiger partial charge in [0.15, 0.2) is 11.9 Å². The molecule has 1 aliphatic heterocycles.